The summed E-state index contributed by atoms with van der Waals surface area (Å²) < 4.78 is 39.0. The minimum absolute atomic E-state index is 0.0553. The van der Waals surface area contributed by atoms with Gasteiger partial charge in [0, 0.05) is 0 Å². The van der Waals surface area contributed by atoms with Crippen LogP contribution in [-0.4, -0.2) is 31.8 Å². The summed E-state index contributed by atoms with van der Waals surface area (Å²) in [5.41, 5.74) is 6.38. The Bertz CT molecular complexity index is 468. The molecule has 5 nitrogen and oxygen atoms in total. The topological polar surface area (TPSA) is 70.8 Å². The van der Waals surface area contributed by atoms with E-state index in [0.717, 1.165) is 0 Å². The molecule has 7 heteroatoms. The van der Waals surface area contributed by atoms with Crippen molar-refractivity contribution >= 4 is 5.97 Å². The van der Waals surface area contributed by atoms with Crippen molar-refractivity contribution < 1.29 is 27.8 Å². The fourth-order valence-corrected chi connectivity index (χ4v) is 1.73. The number of ether oxygens (including phenoxy) is 3. The molecule has 0 aliphatic carbocycles. The van der Waals surface area contributed by atoms with Crippen molar-refractivity contribution in [2.45, 2.75) is 32.9 Å². The first-order valence-corrected chi connectivity index (χ1v) is 6.60. The molecule has 0 fully saturated rings. The van der Waals surface area contributed by atoms with Gasteiger partial charge in [0.1, 0.15) is 6.04 Å². The number of carbonyl (C=O) groups is 1. The van der Waals surface area contributed by atoms with Crippen LogP contribution >= 0.6 is 0 Å². The number of benzene rings is 1. The molecule has 0 aliphatic heterocycles. The maximum Gasteiger partial charge on any atom is 0.387 e. The van der Waals surface area contributed by atoms with E-state index in [-0.39, 0.29) is 24.5 Å². The number of carbonyl (C=O) groups excluding carboxylic acids is 1. The number of hydrogen-bond donors (Lipinski definition) is 1. The van der Waals surface area contributed by atoms with Crippen LogP contribution in [0.1, 0.15) is 19.4 Å². The predicted octanol–water partition coefficient (Wildman–Crippen LogP) is 2.12. The third-order valence-electron chi connectivity index (χ3n) is 2.57. The lowest BCUT2D eigenvalue weighted by atomic mass is 10.1. The summed E-state index contributed by atoms with van der Waals surface area (Å²) in [6, 6.07) is 3.63. The monoisotopic (exact) mass is 303 g/mol. The lowest BCUT2D eigenvalue weighted by Gasteiger charge is -2.14. The van der Waals surface area contributed by atoms with Crippen LogP contribution < -0.4 is 15.2 Å². The Hall–Kier alpha value is -1.89. The summed E-state index contributed by atoms with van der Waals surface area (Å²) in [6.07, 6.45) is 0.216. The Morgan fingerprint density at radius 3 is 2.52 bits per heavy atom. The molecule has 0 bridgehead atoms. The van der Waals surface area contributed by atoms with E-state index in [1.165, 1.54) is 12.1 Å². The molecule has 1 aromatic carbocycles. The van der Waals surface area contributed by atoms with E-state index >= 15 is 0 Å². The maximum absolute atomic E-state index is 12.3. The predicted molar refractivity (Wildman–Crippen MR) is 72.6 cm³/mol. The van der Waals surface area contributed by atoms with Crippen molar-refractivity contribution in [3.63, 3.8) is 0 Å². The van der Waals surface area contributed by atoms with E-state index in [1.54, 1.807) is 19.9 Å². The quantitative estimate of drug-likeness (QED) is 0.745. The van der Waals surface area contributed by atoms with Gasteiger partial charge in [-0.3, -0.25) is 4.79 Å². The van der Waals surface area contributed by atoms with E-state index < -0.39 is 18.6 Å². The Morgan fingerprint density at radius 1 is 1.24 bits per heavy atom. The van der Waals surface area contributed by atoms with Crippen LogP contribution in [-0.2, 0) is 16.0 Å². The molecule has 0 saturated heterocycles. The molecule has 21 heavy (non-hydrogen) atoms. The van der Waals surface area contributed by atoms with Crippen LogP contribution in [0.5, 0.6) is 11.5 Å². The molecule has 0 aliphatic rings. The lowest BCUT2D eigenvalue weighted by molar-refractivity contribution is -0.144. The summed E-state index contributed by atoms with van der Waals surface area (Å²) in [6.45, 7) is 1.03. The number of rotatable bonds is 8. The molecule has 0 aromatic heterocycles. The van der Waals surface area contributed by atoms with Crippen molar-refractivity contribution in [2.75, 3.05) is 13.2 Å². The van der Waals surface area contributed by atoms with Gasteiger partial charge < -0.3 is 19.9 Å². The molecular weight excluding hydrogens is 284 g/mol. The van der Waals surface area contributed by atoms with Gasteiger partial charge in [0.15, 0.2) is 11.5 Å². The molecule has 1 rings (SSSR count). The van der Waals surface area contributed by atoms with Crippen LogP contribution in [0.2, 0.25) is 0 Å². The first kappa shape index (κ1) is 17.2. The molecule has 0 saturated carbocycles. The molecule has 0 radical (unpaired) electrons. The molecule has 0 spiro atoms. The maximum atomic E-state index is 12.3. The van der Waals surface area contributed by atoms with Crippen molar-refractivity contribution in [3.8, 4) is 11.5 Å². The largest absolute Gasteiger partial charge is 0.490 e. The zero-order valence-electron chi connectivity index (χ0n) is 12.0. The van der Waals surface area contributed by atoms with Crippen molar-refractivity contribution in [3.05, 3.63) is 23.8 Å². The van der Waals surface area contributed by atoms with Crippen LogP contribution in [0.25, 0.3) is 0 Å². The Morgan fingerprint density at radius 2 is 1.95 bits per heavy atom. The molecular formula is C14H19F2NO4. The molecule has 118 valence electrons. The summed E-state index contributed by atoms with van der Waals surface area (Å²) in [5, 5.41) is 0. The Kier molecular flexibility index (Phi) is 6.87. The van der Waals surface area contributed by atoms with E-state index in [4.69, 9.17) is 15.2 Å². The second kappa shape index (κ2) is 8.41. The van der Waals surface area contributed by atoms with E-state index in [0.29, 0.717) is 12.2 Å². The zero-order chi connectivity index (χ0) is 15.8. The summed E-state index contributed by atoms with van der Waals surface area (Å²) in [5.74, 6) is -0.380. The molecule has 0 heterocycles. The highest BCUT2D eigenvalue weighted by atomic mass is 19.3. The highest BCUT2D eigenvalue weighted by Gasteiger charge is 2.17. The van der Waals surface area contributed by atoms with Crippen molar-refractivity contribution in [2.24, 2.45) is 5.73 Å². The van der Waals surface area contributed by atoms with Crippen molar-refractivity contribution in [1.82, 2.24) is 0 Å². The number of hydrogen-bond acceptors (Lipinski definition) is 5. The van der Waals surface area contributed by atoms with Gasteiger partial charge in [-0.15, -0.1) is 0 Å². The molecule has 2 N–H and O–H groups in total. The average molecular weight is 303 g/mol. The van der Waals surface area contributed by atoms with Crippen LogP contribution in [0.4, 0.5) is 8.78 Å². The highest BCUT2D eigenvalue weighted by molar-refractivity contribution is 5.75. The summed E-state index contributed by atoms with van der Waals surface area (Å²) >= 11 is 0. The molecule has 1 atom stereocenters. The second-order valence-corrected chi connectivity index (χ2v) is 4.16. The molecule has 1 unspecified atom stereocenters. The van der Waals surface area contributed by atoms with Gasteiger partial charge in [-0.25, -0.2) is 0 Å². The molecule has 0 amide bonds. The fourth-order valence-electron chi connectivity index (χ4n) is 1.73. The minimum atomic E-state index is -2.93. The normalized spacial score (nSPS) is 12.1. The van der Waals surface area contributed by atoms with Crippen LogP contribution in [0.3, 0.4) is 0 Å². The van der Waals surface area contributed by atoms with Gasteiger partial charge >= 0.3 is 12.6 Å². The Balaban J connectivity index is 2.84. The van der Waals surface area contributed by atoms with E-state index in [2.05, 4.69) is 4.74 Å². The summed E-state index contributed by atoms with van der Waals surface area (Å²) in [4.78, 5) is 11.5. The van der Waals surface area contributed by atoms with E-state index in [9.17, 15) is 13.6 Å². The number of halogens is 2. The smallest absolute Gasteiger partial charge is 0.387 e. The van der Waals surface area contributed by atoms with Crippen LogP contribution in [0, 0.1) is 0 Å². The van der Waals surface area contributed by atoms with Gasteiger partial charge in [-0.1, -0.05) is 6.07 Å². The fraction of sp³-hybridized carbons (Fsp3) is 0.500. The third kappa shape index (κ3) is 5.55. The highest BCUT2D eigenvalue weighted by Crippen LogP contribution is 2.30. The third-order valence-corrected chi connectivity index (χ3v) is 2.57. The zero-order valence-corrected chi connectivity index (χ0v) is 12.0. The van der Waals surface area contributed by atoms with Crippen LogP contribution in [0.15, 0.2) is 18.2 Å². The lowest BCUT2D eigenvalue weighted by Crippen LogP contribution is -2.34. The Labute approximate surface area is 122 Å². The van der Waals surface area contributed by atoms with Crippen molar-refractivity contribution in [1.29, 1.82) is 0 Å². The molecule has 1 aromatic rings. The van der Waals surface area contributed by atoms with Gasteiger partial charge in [0.05, 0.1) is 13.2 Å². The van der Waals surface area contributed by atoms with Gasteiger partial charge in [-0.2, -0.15) is 8.78 Å². The SMILES string of the molecule is CCOC(=O)C(N)Cc1ccc(OC(F)F)c(OCC)c1. The minimum Gasteiger partial charge on any atom is -0.490 e. The van der Waals surface area contributed by atoms with E-state index in [1.807, 2.05) is 0 Å². The average Bonchev–Trinajstić information content (AvgIpc) is 2.41. The van der Waals surface area contributed by atoms with Gasteiger partial charge in [-0.05, 0) is 38.0 Å². The van der Waals surface area contributed by atoms with Gasteiger partial charge in [0.25, 0.3) is 0 Å². The second-order valence-electron chi connectivity index (χ2n) is 4.16. The van der Waals surface area contributed by atoms with Gasteiger partial charge in [0.2, 0.25) is 0 Å². The number of alkyl halides is 2. The number of nitrogens with two attached hydrogens (primary N) is 1. The first-order valence-electron chi connectivity index (χ1n) is 6.60. The summed E-state index contributed by atoms with van der Waals surface area (Å²) in [7, 11) is 0. The number of esters is 1. The standard InChI is InChI=1S/C14H19F2NO4/c1-3-19-12-8-9(5-6-11(12)21-14(15)16)7-10(17)13(18)20-4-2/h5-6,8,10,14H,3-4,7,17H2,1-2H3. The first-order chi connectivity index (χ1) is 9.97.